The minimum atomic E-state index is 0.623. The number of rotatable bonds is 4. The maximum absolute atomic E-state index is 4.44. The van der Waals surface area contributed by atoms with Gasteiger partial charge in [0, 0.05) is 37.6 Å². The first-order valence-electron chi connectivity index (χ1n) is 5.54. The molecular formula is C12H15N5. The molecule has 2 aromatic rings. The summed E-state index contributed by atoms with van der Waals surface area (Å²) in [5.74, 6) is 1.41. The zero-order valence-electron chi connectivity index (χ0n) is 9.94. The highest BCUT2D eigenvalue weighted by molar-refractivity contribution is 5.63. The van der Waals surface area contributed by atoms with Crippen LogP contribution in [0.25, 0.3) is 11.3 Å². The number of nitrogens with one attached hydrogen (secondary N) is 2. The van der Waals surface area contributed by atoms with Crippen LogP contribution < -0.4 is 10.6 Å². The summed E-state index contributed by atoms with van der Waals surface area (Å²) >= 11 is 0. The quantitative estimate of drug-likeness (QED) is 0.839. The lowest BCUT2D eigenvalue weighted by Crippen LogP contribution is -2.05. The fraction of sp³-hybridized carbons (Fsp3) is 0.250. The van der Waals surface area contributed by atoms with Gasteiger partial charge in [-0.2, -0.15) is 4.98 Å². The van der Waals surface area contributed by atoms with Crippen molar-refractivity contribution in [2.24, 2.45) is 0 Å². The molecule has 0 atom stereocenters. The molecule has 0 aliphatic heterocycles. The van der Waals surface area contributed by atoms with E-state index in [-0.39, 0.29) is 0 Å². The SMILES string of the molecule is CCNc1nc(NC)cc(-c2cccnc2)n1. The van der Waals surface area contributed by atoms with Crippen molar-refractivity contribution in [2.45, 2.75) is 6.92 Å². The van der Waals surface area contributed by atoms with Crippen molar-refractivity contribution in [3.63, 3.8) is 0 Å². The molecule has 2 N–H and O–H groups in total. The first-order chi connectivity index (χ1) is 8.33. The zero-order valence-corrected chi connectivity index (χ0v) is 9.94. The zero-order chi connectivity index (χ0) is 12.1. The van der Waals surface area contributed by atoms with Crippen molar-refractivity contribution in [1.82, 2.24) is 15.0 Å². The molecule has 0 amide bonds. The fourth-order valence-corrected chi connectivity index (χ4v) is 1.47. The summed E-state index contributed by atoms with van der Waals surface area (Å²) < 4.78 is 0. The molecule has 0 bridgehead atoms. The van der Waals surface area contributed by atoms with E-state index < -0.39 is 0 Å². The van der Waals surface area contributed by atoms with Gasteiger partial charge >= 0.3 is 0 Å². The molecule has 88 valence electrons. The molecule has 0 spiro atoms. The topological polar surface area (TPSA) is 62.7 Å². The maximum Gasteiger partial charge on any atom is 0.225 e. The minimum absolute atomic E-state index is 0.623. The Hall–Kier alpha value is -2.17. The summed E-state index contributed by atoms with van der Waals surface area (Å²) in [6.45, 7) is 2.80. The van der Waals surface area contributed by atoms with Gasteiger partial charge in [-0.05, 0) is 19.1 Å². The second-order valence-corrected chi connectivity index (χ2v) is 3.48. The summed E-state index contributed by atoms with van der Waals surface area (Å²) in [6.07, 6.45) is 3.53. The lowest BCUT2D eigenvalue weighted by molar-refractivity contribution is 1.08. The van der Waals surface area contributed by atoms with E-state index in [9.17, 15) is 0 Å². The van der Waals surface area contributed by atoms with Gasteiger partial charge in [-0.3, -0.25) is 4.98 Å². The monoisotopic (exact) mass is 229 g/mol. The van der Waals surface area contributed by atoms with Crippen LogP contribution in [0.15, 0.2) is 30.6 Å². The van der Waals surface area contributed by atoms with Crippen molar-refractivity contribution in [3.8, 4) is 11.3 Å². The van der Waals surface area contributed by atoms with E-state index in [2.05, 4.69) is 25.6 Å². The molecule has 2 rings (SSSR count). The number of anilines is 2. The van der Waals surface area contributed by atoms with Crippen LogP contribution in [0.1, 0.15) is 6.92 Å². The smallest absolute Gasteiger partial charge is 0.225 e. The third kappa shape index (κ3) is 2.69. The largest absolute Gasteiger partial charge is 0.373 e. The Labute approximate surface area is 100 Å². The van der Waals surface area contributed by atoms with Gasteiger partial charge in [-0.25, -0.2) is 4.98 Å². The van der Waals surface area contributed by atoms with Gasteiger partial charge in [0.25, 0.3) is 0 Å². The predicted octanol–water partition coefficient (Wildman–Crippen LogP) is 2.01. The first kappa shape index (κ1) is 11.3. The van der Waals surface area contributed by atoms with Gasteiger partial charge in [0.1, 0.15) is 5.82 Å². The van der Waals surface area contributed by atoms with Crippen LogP contribution in [0.5, 0.6) is 0 Å². The van der Waals surface area contributed by atoms with Crippen molar-refractivity contribution >= 4 is 11.8 Å². The number of hydrogen-bond acceptors (Lipinski definition) is 5. The van der Waals surface area contributed by atoms with Crippen molar-refractivity contribution in [1.29, 1.82) is 0 Å². The Morgan fingerprint density at radius 3 is 2.82 bits per heavy atom. The van der Waals surface area contributed by atoms with E-state index in [0.717, 1.165) is 23.6 Å². The molecule has 0 radical (unpaired) electrons. The molecule has 0 unspecified atom stereocenters. The van der Waals surface area contributed by atoms with Crippen molar-refractivity contribution in [3.05, 3.63) is 30.6 Å². The summed E-state index contributed by atoms with van der Waals surface area (Å²) in [4.78, 5) is 12.8. The highest BCUT2D eigenvalue weighted by atomic mass is 15.1. The average molecular weight is 229 g/mol. The Bertz CT molecular complexity index is 484. The van der Waals surface area contributed by atoms with E-state index in [1.165, 1.54) is 0 Å². The first-order valence-corrected chi connectivity index (χ1v) is 5.54. The molecule has 0 aliphatic carbocycles. The standard InChI is InChI=1S/C12H15N5/c1-3-15-12-16-10(7-11(13-2)17-12)9-5-4-6-14-8-9/h4-8H,3H2,1-2H3,(H2,13,15,16,17). The summed E-state index contributed by atoms with van der Waals surface area (Å²) in [7, 11) is 1.84. The average Bonchev–Trinajstić information content (AvgIpc) is 2.40. The molecule has 0 fully saturated rings. The normalized spacial score (nSPS) is 10.0. The minimum Gasteiger partial charge on any atom is -0.373 e. The molecule has 2 aromatic heterocycles. The van der Waals surface area contributed by atoms with Crippen LogP contribution in [-0.4, -0.2) is 28.5 Å². The number of aromatic nitrogens is 3. The highest BCUT2D eigenvalue weighted by Crippen LogP contribution is 2.20. The molecule has 5 heteroatoms. The van der Waals surface area contributed by atoms with Gasteiger partial charge in [-0.15, -0.1) is 0 Å². The highest BCUT2D eigenvalue weighted by Gasteiger charge is 2.05. The molecule has 2 heterocycles. The Balaban J connectivity index is 2.43. The summed E-state index contributed by atoms with van der Waals surface area (Å²) in [5.41, 5.74) is 1.83. The van der Waals surface area contributed by atoms with Crippen LogP contribution in [0.3, 0.4) is 0 Å². The van der Waals surface area contributed by atoms with E-state index in [0.29, 0.717) is 5.95 Å². The van der Waals surface area contributed by atoms with Gasteiger partial charge in [0.2, 0.25) is 5.95 Å². The Morgan fingerprint density at radius 1 is 1.29 bits per heavy atom. The van der Waals surface area contributed by atoms with E-state index >= 15 is 0 Å². The van der Waals surface area contributed by atoms with Crippen LogP contribution in [-0.2, 0) is 0 Å². The fourth-order valence-electron chi connectivity index (χ4n) is 1.47. The molecule has 17 heavy (non-hydrogen) atoms. The van der Waals surface area contributed by atoms with Crippen LogP contribution in [0.2, 0.25) is 0 Å². The van der Waals surface area contributed by atoms with Gasteiger partial charge in [0.15, 0.2) is 0 Å². The Kier molecular flexibility index (Phi) is 3.49. The van der Waals surface area contributed by atoms with Crippen LogP contribution >= 0.6 is 0 Å². The van der Waals surface area contributed by atoms with E-state index in [4.69, 9.17) is 0 Å². The number of hydrogen-bond donors (Lipinski definition) is 2. The van der Waals surface area contributed by atoms with Crippen LogP contribution in [0, 0.1) is 0 Å². The van der Waals surface area contributed by atoms with Gasteiger partial charge in [-0.1, -0.05) is 0 Å². The molecule has 0 aromatic carbocycles. The van der Waals surface area contributed by atoms with E-state index in [1.54, 1.807) is 12.4 Å². The molecule has 0 aliphatic rings. The van der Waals surface area contributed by atoms with Gasteiger partial charge < -0.3 is 10.6 Å². The second-order valence-electron chi connectivity index (χ2n) is 3.48. The maximum atomic E-state index is 4.44. The van der Waals surface area contributed by atoms with Crippen molar-refractivity contribution in [2.75, 3.05) is 24.2 Å². The summed E-state index contributed by atoms with van der Waals surface area (Å²) in [5, 5.41) is 6.13. The molecule has 0 saturated heterocycles. The number of nitrogens with zero attached hydrogens (tertiary/aromatic N) is 3. The second kappa shape index (κ2) is 5.25. The number of pyridine rings is 1. The lowest BCUT2D eigenvalue weighted by atomic mass is 10.2. The predicted molar refractivity (Wildman–Crippen MR) is 69.0 cm³/mol. The molecule has 5 nitrogen and oxygen atoms in total. The summed E-state index contributed by atoms with van der Waals surface area (Å²) in [6, 6.07) is 5.77. The lowest BCUT2D eigenvalue weighted by Gasteiger charge is -2.08. The third-order valence-corrected chi connectivity index (χ3v) is 2.27. The molecule has 0 saturated carbocycles. The third-order valence-electron chi connectivity index (χ3n) is 2.27. The molecular weight excluding hydrogens is 214 g/mol. The van der Waals surface area contributed by atoms with Gasteiger partial charge in [0.05, 0.1) is 5.69 Å². The van der Waals surface area contributed by atoms with E-state index in [1.807, 2.05) is 32.2 Å². The van der Waals surface area contributed by atoms with Crippen molar-refractivity contribution < 1.29 is 0 Å². The van der Waals surface area contributed by atoms with Crippen LogP contribution in [0.4, 0.5) is 11.8 Å². The Morgan fingerprint density at radius 2 is 2.18 bits per heavy atom.